The van der Waals surface area contributed by atoms with E-state index in [1.807, 2.05) is 30.3 Å². The minimum absolute atomic E-state index is 0.185. The fourth-order valence-corrected chi connectivity index (χ4v) is 1.60. The second-order valence-electron chi connectivity index (χ2n) is 4.45. The highest BCUT2D eigenvalue weighted by Crippen LogP contribution is 2.12. The first kappa shape index (κ1) is 15.0. The second kappa shape index (κ2) is 7.36. The largest absolute Gasteiger partial charge is 0.478 e. The first-order valence-corrected chi connectivity index (χ1v) is 6.17. The van der Waals surface area contributed by atoms with Crippen molar-refractivity contribution in [1.82, 2.24) is 0 Å². The van der Waals surface area contributed by atoms with Gasteiger partial charge in [0.05, 0.1) is 6.10 Å². The summed E-state index contributed by atoms with van der Waals surface area (Å²) in [6, 6.07) is 9.59. The van der Waals surface area contributed by atoms with E-state index in [9.17, 15) is 9.59 Å². The molecule has 1 rings (SSSR count). The van der Waals surface area contributed by atoms with Crippen molar-refractivity contribution < 1.29 is 19.4 Å². The van der Waals surface area contributed by atoms with Crippen LogP contribution in [0.15, 0.2) is 42.0 Å². The average Bonchev–Trinajstić information content (AvgIpc) is 2.34. The summed E-state index contributed by atoms with van der Waals surface area (Å²) in [7, 11) is 0. The number of carbonyl (C=O) groups excluding carboxylic acids is 1. The first-order chi connectivity index (χ1) is 8.99. The van der Waals surface area contributed by atoms with E-state index in [1.54, 1.807) is 13.8 Å². The second-order valence-corrected chi connectivity index (χ2v) is 4.45. The summed E-state index contributed by atoms with van der Waals surface area (Å²) in [5.41, 5.74) is 1.24. The van der Waals surface area contributed by atoms with E-state index in [0.717, 1.165) is 11.6 Å². The maximum absolute atomic E-state index is 11.8. The molecule has 0 heterocycles. The Labute approximate surface area is 112 Å². The molecule has 1 N–H and O–H groups in total. The van der Waals surface area contributed by atoms with Gasteiger partial charge in [-0.1, -0.05) is 30.3 Å². The highest BCUT2D eigenvalue weighted by atomic mass is 16.5. The number of carboxylic acids is 1. The van der Waals surface area contributed by atoms with Crippen molar-refractivity contribution >= 4 is 11.9 Å². The predicted molar refractivity (Wildman–Crippen MR) is 71.7 cm³/mol. The lowest BCUT2D eigenvalue weighted by atomic mass is 10.0. The lowest BCUT2D eigenvalue weighted by Gasteiger charge is -2.10. The van der Waals surface area contributed by atoms with Gasteiger partial charge in [-0.05, 0) is 32.3 Å². The average molecular weight is 262 g/mol. The van der Waals surface area contributed by atoms with Gasteiger partial charge in [0.25, 0.3) is 0 Å². The van der Waals surface area contributed by atoms with Gasteiger partial charge < -0.3 is 9.84 Å². The van der Waals surface area contributed by atoms with E-state index in [2.05, 4.69) is 0 Å². The molecule has 0 aromatic heterocycles. The summed E-state index contributed by atoms with van der Waals surface area (Å²) in [6.07, 6.45) is 1.62. The van der Waals surface area contributed by atoms with Crippen molar-refractivity contribution in [2.45, 2.75) is 32.8 Å². The molecule has 0 aliphatic rings. The molecule has 0 aliphatic heterocycles. The van der Waals surface area contributed by atoms with Gasteiger partial charge in [-0.15, -0.1) is 0 Å². The van der Waals surface area contributed by atoms with Gasteiger partial charge in [-0.3, -0.25) is 0 Å². The Morgan fingerprint density at radius 3 is 2.42 bits per heavy atom. The molecule has 0 atom stereocenters. The zero-order valence-corrected chi connectivity index (χ0v) is 11.1. The molecule has 0 bridgehead atoms. The molecule has 0 aliphatic carbocycles. The SMILES string of the molecule is CC(C)OC(=O)C(=CC(=O)O)CCc1ccccc1. The lowest BCUT2D eigenvalue weighted by Crippen LogP contribution is -2.15. The Kier molecular flexibility index (Phi) is 5.79. The van der Waals surface area contributed by atoms with Crippen LogP contribution in [0.1, 0.15) is 25.8 Å². The van der Waals surface area contributed by atoms with Crippen molar-refractivity contribution in [2.24, 2.45) is 0 Å². The van der Waals surface area contributed by atoms with Crippen LogP contribution in [0.3, 0.4) is 0 Å². The summed E-state index contributed by atoms with van der Waals surface area (Å²) >= 11 is 0. The van der Waals surface area contributed by atoms with E-state index >= 15 is 0 Å². The molecular weight excluding hydrogens is 244 g/mol. The van der Waals surface area contributed by atoms with Gasteiger partial charge >= 0.3 is 11.9 Å². The quantitative estimate of drug-likeness (QED) is 0.632. The van der Waals surface area contributed by atoms with Gasteiger partial charge in [-0.2, -0.15) is 0 Å². The van der Waals surface area contributed by atoms with Gasteiger partial charge in [0.1, 0.15) is 0 Å². The number of carbonyl (C=O) groups is 2. The molecule has 102 valence electrons. The molecule has 1 aromatic carbocycles. The number of ether oxygens (including phenoxy) is 1. The third kappa shape index (κ3) is 5.86. The van der Waals surface area contributed by atoms with Crippen molar-refractivity contribution in [2.75, 3.05) is 0 Å². The number of aryl methyl sites for hydroxylation is 1. The minimum atomic E-state index is -1.14. The van der Waals surface area contributed by atoms with Crippen LogP contribution in [0.5, 0.6) is 0 Å². The van der Waals surface area contributed by atoms with E-state index in [1.165, 1.54) is 0 Å². The number of hydrogen-bond donors (Lipinski definition) is 1. The number of hydrogen-bond acceptors (Lipinski definition) is 3. The Hall–Kier alpha value is -2.10. The summed E-state index contributed by atoms with van der Waals surface area (Å²) < 4.78 is 5.03. The van der Waals surface area contributed by atoms with Crippen molar-refractivity contribution in [3.8, 4) is 0 Å². The molecular formula is C15H18O4. The van der Waals surface area contributed by atoms with Crippen LogP contribution in [0.25, 0.3) is 0 Å². The summed E-state index contributed by atoms with van der Waals surface area (Å²) in [5, 5.41) is 8.78. The van der Waals surface area contributed by atoms with Crippen LogP contribution in [0.4, 0.5) is 0 Å². The monoisotopic (exact) mass is 262 g/mol. The Morgan fingerprint density at radius 2 is 1.89 bits per heavy atom. The summed E-state index contributed by atoms with van der Waals surface area (Å²) in [4.78, 5) is 22.5. The molecule has 0 amide bonds. The lowest BCUT2D eigenvalue weighted by molar-refractivity contribution is -0.143. The van der Waals surface area contributed by atoms with Crippen molar-refractivity contribution in [3.05, 3.63) is 47.5 Å². The zero-order chi connectivity index (χ0) is 14.3. The Morgan fingerprint density at radius 1 is 1.26 bits per heavy atom. The van der Waals surface area contributed by atoms with Crippen LogP contribution in [-0.2, 0) is 20.7 Å². The third-order valence-electron chi connectivity index (χ3n) is 2.43. The topological polar surface area (TPSA) is 63.6 Å². The van der Waals surface area contributed by atoms with E-state index in [4.69, 9.17) is 9.84 Å². The molecule has 0 fully saturated rings. The molecule has 19 heavy (non-hydrogen) atoms. The fourth-order valence-electron chi connectivity index (χ4n) is 1.60. The molecule has 1 aromatic rings. The van der Waals surface area contributed by atoms with Crippen molar-refractivity contribution in [1.29, 1.82) is 0 Å². The molecule has 0 radical (unpaired) electrons. The van der Waals surface area contributed by atoms with Gasteiger partial charge in [0.15, 0.2) is 0 Å². The predicted octanol–water partition coefficient (Wildman–Crippen LogP) is 2.58. The van der Waals surface area contributed by atoms with Crippen LogP contribution in [0.2, 0.25) is 0 Å². The standard InChI is InChI=1S/C15H18O4/c1-11(2)19-15(18)13(10-14(16)17)9-8-12-6-4-3-5-7-12/h3-7,10-11H,8-9H2,1-2H3,(H,16,17). The van der Waals surface area contributed by atoms with Crippen LogP contribution in [0, 0.1) is 0 Å². The Bertz CT molecular complexity index is 460. The van der Waals surface area contributed by atoms with Crippen LogP contribution in [-0.4, -0.2) is 23.1 Å². The molecule has 4 nitrogen and oxygen atoms in total. The fraction of sp³-hybridized carbons (Fsp3) is 0.333. The third-order valence-corrected chi connectivity index (χ3v) is 2.43. The zero-order valence-electron chi connectivity index (χ0n) is 11.1. The highest BCUT2D eigenvalue weighted by Gasteiger charge is 2.14. The normalized spacial score (nSPS) is 11.4. The Balaban J connectivity index is 2.71. The number of esters is 1. The molecule has 0 saturated heterocycles. The van der Waals surface area contributed by atoms with E-state index < -0.39 is 11.9 Å². The number of aliphatic carboxylic acids is 1. The minimum Gasteiger partial charge on any atom is -0.478 e. The van der Waals surface area contributed by atoms with Crippen LogP contribution >= 0.6 is 0 Å². The van der Waals surface area contributed by atoms with Crippen molar-refractivity contribution in [3.63, 3.8) is 0 Å². The van der Waals surface area contributed by atoms with E-state index in [-0.39, 0.29) is 11.7 Å². The van der Waals surface area contributed by atoms with Crippen LogP contribution < -0.4 is 0 Å². The number of carboxylic acid groups (broad SMARTS) is 1. The number of rotatable bonds is 6. The highest BCUT2D eigenvalue weighted by molar-refractivity contribution is 5.95. The smallest absolute Gasteiger partial charge is 0.334 e. The molecule has 0 saturated carbocycles. The van der Waals surface area contributed by atoms with Gasteiger partial charge in [0.2, 0.25) is 0 Å². The summed E-state index contributed by atoms with van der Waals surface area (Å²) in [6.45, 7) is 3.46. The summed E-state index contributed by atoms with van der Waals surface area (Å²) in [5.74, 6) is -1.70. The molecule has 0 unspecified atom stereocenters. The van der Waals surface area contributed by atoms with Gasteiger partial charge in [-0.25, -0.2) is 9.59 Å². The molecule has 4 heteroatoms. The maximum Gasteiger partial charge on any atom is 0.334 e. The number of benzene rings is 1. The first-order valence-electron chi connectivity index (χ1n) is 6.17. The van der Waals surface area contributed by atoms with E-state index in [0.29, 0.717) is 12.8 Å². The molecule has 0 spiro atoms. The maximum atomic E-state index is 11.8. The van der Waals surface area contributed by atoms with Gasteiger partial charge in [0, 0.05) is 11.6 Å².